The summed E-state index contributed by atoms with van der Waals surface area (Å²) in [6.07, 6.45) is 0.808. The fraction of sp³-hybridized carbons (Fsp3) is 0.360. The van der Waals surface area contributed by atoms with E-state index < -0.39 is 24.0 Å². The summed E-state index contributed by atoms with van der Waals surface area (Å²) in [7, 11) is 0. The Bertz CT molecular complexity index is 996. The first kappa shape index (κ1) is 27.2. The van der Waals surface area contributed by atoms with Gasteiger partial charge in [-0.3, -0.25) is 4.79 Å². The van der Waals surface area contributed by atoms with Gasteiger partial charge in [0.05, 0.1) is 38.5 Å². The molecule has 0 saturated carbocycles. The molecule has 0 aromatic heterocycles. The quantitative estimate of drug-likeness (QED) is 0.253. The van der Waals surface area contributed by atoms with Crippen LogP contribution in [0.3, 0.4) is 0 Å². The monoisotopic (exact) mass is 485 g/mol. The topological polar surface area (TPSA) is 125 Å². The number of carbonyl (C=O) groups excluding carboxylic acids is 3. The highest BCUT2D eigenvalue weighted by molar-refractivity contribution is 5.84. The smallest absolute Gasteiger partial charge is 0.407 e. The lowest BCUT2D eigenvalue weighted by atomic mass is 10.0. The van der Waals surface area contributed by atoms with E-state index in [1.807, 2.05) is 37.3 Å². The Balaban J connectivity index is 2.01. The van der Waals surface area contributed by atoms with Crippen molar-refractivity contribution in [3.05, 3.63) is 59.7 Å². The Morgan fingerprint density at radius 3 is 2.34 bits per heavy atom. The van der Waals surface area contributed by atoms with Crippen LogP contribution in [-0.4, -0.2) is 50.6 Å². The molecule has 0 bridgehead atoms. The van der Waals surface area contributed by atoms with Crippen LogP contribution < -0.4 is 20.2 Å². The van der Waals surface area contributed by atoms with E-state index in [2.05, 4.69) is 15.8 Å². The minimum absolute atomic E-state index is 0.0367. The normalized spacial score (nSPS) is 11.4. The largest absolute Gasteiger partial charge is 0.490 e. The zero-order valence-corrected chi connectivity index (χ0v) is 20.1. The van der Waals surface area contributed by atoms with Crippen molar-refractivity contribution in [3.63, 3.8) is 0 Å². The maximum absolute atomic E-state index is 12.5. The first-order valence-corrected chi connectivity index (χ1v) is 11.3. The zero-order chi connectivity index (χ0) is 25.5. The number of nitrogens with zero attached hydrogens (tertiary/aromatic N) is 1. The summed E-state index contributed by atoms with van der Waals surface area (Å²) in [4.78, 5) is 35.9. The number of rotatable bonds is 13. The summed E-state index contributed by atoms with van der Waals surface area (Å²) in [6.45, 7) is 5.89. The van der Waals surface area contributed by atoms with Crippen molar-refractivity contribution in [1.82, 2.24) is 10.7 Å². The Labute approximate surface area is 204 Å². The summed E-state index contributed by atoms with van der Waals surface area (Å²) in [5.74, 6) is -0.0624. The van der Waals surface area contributed by atoms with Crippen LogP contribution in [0, 0.1) is 0 Å². The van der Waals surface area contributed by atoms with Crippen molar-refractivity contribution in [2.24, 2.45) is 5.10 Å². The van der Waals surface area contributed by atoms with Gasteiger partial charge in [0.2, 0.25) is 5.91 Å². The SMILES string of the molecule is CCOC(=O)COc1ccc(/C=N\NC(=O)C[C@H](NC(=O)OCC)c2ccccc2)cc1OCC. The molecule has 0 aliphatic rings. The molecule has 0 aliphatic carbocycles. The van der Waals surface area contributed by atoms with Gasteiger partial charge < -0.3 is 24.3 Å². The van der Waals surface area contributed by atoms with Gasteiger partial charge in [-0.05, 0) is 50.1 Å². The van der Waals surface area contributed by atoms with E-state index in [4.69, 9.17) is 18.9 Å². The highest BCUT2D eigenvalue weighted by Gasteiger charge is 2.19. The fourth-order valence-electron chi connectivity index (χ4n) is 2.99. The standard InChI is InChI=1S/C25H31N3O7/c1-4-32-22-14-18(12-13-21(22)35-17-24(30)33-5-2)16-26-28-23(29)15-20(27-25(31)34-6-3)19-10-8-7-9-11-19/h7-14,16,20H,4-6,15,17H2,1-3H3,(H,27,31)(H,28,29)/b26-16-/t20-/m0/s1. The Morgan fingerprint density at radius 2 is 1.66 bits per heavy atom. The maximum Gasteiger partial charge on any atom is 0.407 e. The Morgan fingerprint density at radius 1 is 0.914 bits per heavy atom. The minimum atomic E-state index is -0.605. The molecule has 2 amide bonds. The molecule has 1 atom stereocenters. The summed E-state index contributed by atoms with van der Waals surface area (Å²) < 4.78 is 20.8. The lowest BCUT2D eigenvalue weighted by Crippen LogP contribution is -2.33. The first-order valence-electron chi connectivity index (χ1n) is 11.3. The van der Waals surface area contributed by atoms with Crippen LogP contribution >= 0.6 is 0 Å². The lowest BCUT2D eigenvalue weighted by molar-refractivity contribution is -0.145. The van der Waals surface area contributed by atoms with Crippen LogP contribution in [0.5, 0.6) is 11.5 Å². The second-order valence-corrected chi connectivity index (χ2v) is 7.06. The maximum atomic E-state index is 12.5. The van der Waals surface area contributed by atoms with E-state index >= 15 is 0 Å². The summed E-state index contributed by atoms with van der Waals surface area (Å²) in [6, 6.07) is 13.6. The van der Waals surface area contributed by atoms with Crippen molar-refractivity contribution < 1.29 is 33.3 Å². The number of esters is 1. The van der Waals surface area contributed by atoms with E-state index in [1.165, 1.54) is 6.21 Å². The van der Waals surface area contributed by atoms with Crippen molar-refractivity contribution >= 4 is 24.2 Å². The molecule has 2 aromatic carbocycles. The minimum Gasteiger partial charge on any atom is -0.490 e. The van der Waals surface area contributed by atoms with Crippen LogP contribution in [0.4, 0.5) is 4.79 Å². The van der Waals surface area contributed by atoms with E-state index in [9.17, 15) is 14.4 Å². The molecule has 2 N–H and O–H groups in total. The average molecular weight is 486 g/mol. The molecule has 0 spiro atoms. The molecule has 10 heteroatoms. The molecule has 35 heavy (non-hydrogen) atoms. The van der Waals surface area contributed by atoms with E-state index in [1.54, 1.807) is 32.0 Å². The number of amides is 2. The second-order valence-electron chi connectivity index (χ2n) is 7.06. The fourth-order valence-corrected chi connectivity index (χ4v) is 2.99. The molecule has 0 unspecified atom stereocenters. The van der Waals surface area contributed by atoms with Crippen LogP contribution in [-0.2, 0) is 19.1 Å². The third-order valence-corrected chi connectivity index (χ3v) is 4.48. The number of hydrogen-bond donors (Lipinski definition) is 2. The summed E-state index contributed by atoms with van der Waals surface area (Å²) in [5, 5.41) is 6.69. The molecular formula is C25H31N3O7. The average Bonchev–Trinajstić information content (AvgIpc) is 2.84. The third kappa shape index (κ3) is 9.75. The number of ether oxygens (including phenoxy) is 4. The molecule has 10 nitrogen and oxygen atoms in total. The van der Waals surface area contributed by atoms with Gasteiger partial charge in [-0.2, -0.15) is 5.10 Å². The Hall–Kier alpha value is -4.08. The zero-order valence-electron chi connectivity index (χ0n) is 20.1. The molecule has 0 saturated heterocycles. The number of nitrogens with one attached hydrogen (secondary N) is 2. The van der Waals surface area contributed by atoms with Crippen molar-refractivity contribution in [1.29, 1.82) is 0 Å². The van der Waals surface area contributed by atoms with Gasteiger partial charge in [0.1, 0.15) is 0 Å². The van der Waals surface area contributed by atoms with Crippen molar-refractivity contribution in [3.8, 4) is 11.5 Å². The first-order chi connectivity index (χ1) is 17.0. The van der Waals surface area contributed by atoms with Crippen LogP contribution in [0.15, 0.2) is 53.6 Å². The van der Waals surface area contributed by atoms with Gasteiger partial charge in [0.25, 0.3) is 0 Å². The summed E-state index contributed by atoms with van der Waals surface area (Å²) >= 11 is 0. The highest BCUT2D eigenvalue weighted by Crippen LogP contribution is 2.28. The van der Waals surface area contributed by atoms with Gasteiger partial charge in [-0.25, -0.2) is 15.0 Å². The number of carbonyl (C=O) groups is 3. The van der Waals surface area contributed by atoms with E-state index in [-0.39, 0.29) is 26.2 Å². The Kier molecular flexibility index (Phi) is 11.6. The van der Waals surface area contributed by atoms with Gasteiger partial charge in [-0.15, -0.1) is 0 Å². The van der Waals surface area contributed by atoms with Crippen LogP contribution in [0.1, 0.15) is 44.4 Å². The van der Waals surface area contributed by atoms with Crippen LogP contribution in [0.25, 0.3) is 0 Å². The number of benzene rings is 2. The predicted octanol–water partition coefficient (Wildman–Crippen LogP) is 3.35. The molecular weight excluding hydrogens is 454 g/mol. The molecule has 2 rings (SSSR count). The number of hydrazone groups is 1. The molecule has 0 radical (unpaired) electrons. The molecule has 0 aliphatic heterocycles. The van der Waals surface area contributed by atoms with Gasteiger partial charge >= 0.3 is 12.1 Å². The van der Waals surface area contributed by atoms with Gasteiger partial charge in [0.15, 0.2) is 18.1 Å². The second kappa shape index (κ2) is 14.9. The molecule has 2 aromatic rings. The van der Waals surface area contributed by atoms with E-state index in [0.717, 1.165) is 5.56 Å². The molecule has 0 fully saturated rings. The van der Waals surface area contributed by atoms with Gasteiger partial charge in [0, 0.05) is 0 Å². The molecule has 0 heterocycles. The predicted molar refractivity (Wildman–Crippen MR) is 129 cm³/mol. The number of hydrogen-bond acceptors (Lipinski definition) is 8. The number of alkyl carbamates (subject to hydrolysis) is 1. The van der Waals surface area contributed by atoms with Crippen LogP contribution in [0.2, 0.25) is 0 Å². The van der Waals surface area contributed by atoms with E-state index in [0.29, 0.717) is 23.7 Å². The van der Waals surface area contributed by atoms with Crippen molar-refractivity contribution in [2.45, 2.75) is 33.2 Å². The summed E-state index contributed by atoms with van der Waals surface area (Å²) in [5.41, 5.74) is 3.87. The highest BCUT2D eigenvalue weighted by atomic mass is 16.6. The molecule has 188 valence electrons. The third-order valence-electron chi connectivity index (χ3n) is 4.48. The van der Waals surface area contributed by atoms with Crippen molar-refractivity contribution in [2.75, 3.05) is 26.4 Å². The lowest BCUT2D eigenvalue weighted by Gasteiger charge is -2.18. The van der Waals surface area contributed by atoms with Gasteiger partial charge in [-0.1, -0.05) is 30.3 Å².